The minimum atomic E-state index is 0.449. The number of nitriles is 1. The lowest BCUT2D eigenvalue weighted by Gasteiger charge is -2.15. The van der Waals surface area contributed by atoms with Gasteiger partial charge in [-0.05, 0) is 42.8 Å². The van der Waals surface area contributed by atoms with Crippen molar-refractivity contribution in [2.24, 2.45) is 0 Å². The predicted octanol–water partition coefficient (Wildman–Crippen LogP) is 2.98. The lowest BCUT2D eigenvalue weighted by molar-refractivity contribution is 0.634. The topological polar surface area (TPSA) is 47.9 Å². The Bertz CT molecular complexity index is 441. The highest BCUT2D eigenvalue weighted by Crippen LogP contribution is 2.18. The quantitative estimate of drug-likeness (QED) is 0.819. The summed E-state index contributed by atoms with van der Waals surface area (Å²) in [5.74, 6) is 0. The lowest BCUT2D eigenvalue weighted by atomic mass is 10.1. The van der Waals surface area contributed by atoms with E-state index in [1.54, 1.807) is 0 Å². The van der Waals surface area contributed by atoms with Crippen molar-refractivity contribution in [2.45, 2.75) is 38.1 Å². The first kappa shape index (κ1) is 12.8. The average molecular weight is 259 g/mol. The van der Waals surface area contributed by atoms with Crippen molar-refractivity contribution >= 4 is 23.0 Å². The van der Waals surface area contributed by atoms with E-state index in [9.17, 15) is 0 Å². The molecular formula is C14H17N3S. The van der Waals surface area contributed by atoms with Gasteiger partial charge in [0.1, 0.15) is 0 Å². The molecule has 0 atom stereocenters. The van der Waals surface area contributed by atoms with Crippen LogP contribution in [-0.4, -0.2) is 11.2 Å². The molecule has 1 fully saturated rings. The monoisotopic (exact) mass is 259 g/mol. The number of nitrogens with one attached hydrogen (secondary N) is 2. The van der Waals surface area contributed by atoms with E-state index in [0.29, 0.717) is 17.6 Å². The molecule has 2 N–H and O–H groups in total. The zero-order valence-electron chi connectivity index (χ0n) is 10.3. The van der Waals surface area contributed by atoms with Crippen LogP contribution in [-0.2, 0) is 6.42 Å². The number of anilines is 1. The van der Waals surface area contributed by atoms with Crippen molar-refractivity contribution in [1.82, 2.24) is 5.32 Å². The standard InChI is InChI=1S/C14H17N3S/c15-10-9-11-5-7-13(8-6-11)17-14(18)16-12-3-1-2-4-12/h5-8,12H,1-4,9H2,(H2,16,17,18). The zero-order valence-corrected chi connectivity index (χ0v) is 11.1. The van der Waals surface area contributed by atoms with Crippen molar-refractivity contribution in [3.05, 3.63) is 29.8 Å². The van der Waals surface area contributed by atoms with Crippen LogP contribution in [0.4, 0.5) is 5.69 Å². The van der Waals surface area contributed by atoms with Gasteiger partial charge in [0.2, 0.25) is 0 Å². The Morgan fingerprint density at radius 2 is 1.94 bits per heavy atom. The molecule has 1 aliphatic rings. The summed E-state index contributed by atoms with van der Waals surface area (Å²) in [4.78, 5) is 0. The molecule has 0 heterocycles. The molecule has 1 aromatic carbocycles. The maximum atomic E-state index is 8.60. The van der Waals surface area contributed by atoms with Crippen LogP contribution in [0.1, 0.15) is 31.2 Å². The first-order chi connectivity index (χ1) is 8.78. The Labute approximate surface area is 113 Å². The molecule has 0 bridgehead atoms. The van der Waals surface area contributed by atoms with E-state index in [-0.39, 0.29) is 0 Å². The van der Waals surface area contributed by atoms with Gasteiger partial charge in [0.15, 0.2) is 5.11 Å². The van der Waals surface area contributed by atoms with Crippen molar-refractivity contribution < 1.29 is 0 Å². The van der Waals surface area contributed by atoms with Crippen LogP contribution < -0.4 is 10.6 Å². The van der Waals surface area contributed by atoms with Gasteiger partial charge in [-0.25, -0.2) is 0 Å². The van der Waals surface area contributed by atoms with Crippen LogP contribution in [0, 0.1) is 11.3 Å². The van der Waals surface area contributed by atoms with Crippen molar-refractivity contribution in [3.8, 4) is 6.07 Å². The van der Waals surface area contributed by atoms with E-state index >= 15 is 0 Å². The van der Waals surface area contributed by atoms with Gasteiger partial charge in [0.05, 0.1) is 12.5 Å². The summed E-state index contributed by atoms with van der Waals surface area (Å²) < 4.78 is 0. The molecule has 1 aliphatic carbocycles. The van der Waals surface area contributed by atoms with E-state index < -0.39 is 0 Å². The second-order valence-electron chi connectivity index (χ2n) is 4.61. The molecule has 1 saturated carbocycles. The molecule has 0 amide bonds. The van der Waals surface area contributed by atoms with E-state index in [0.717, 1.165) is 11.3 Å². The third-order valence-corrected chi connectivity index (χ3v) is 3.41. The van der Waals surface area contributed by atoms with Crippen LogP contribution in [0.2, 0.25) is 0 Å². The number of hydrogen-bond acceptors (Lipinski definition) is 2. The Balaban J connectivity index is 1.84. The van der Waals surface area contributed by atoms with Gasteiger partial charge in [-0.1, -0.05) is 25.0 Å². The SMILES string of the molecule is N#CCc1ccc(NC(=S)NC2CCCC2)cc1. The molecule has 0 aliphatic heterocycles. The van der Waals surface area contributed by atoms with Crippen LogP contribution in [0.5, 0.6) is 0 Å². The van der Waals surface area contributed by atoms with Crippen LogP contribution >= 0.6 is 12.2 Å². The minimum Gasteiger partial charge on any atom is -0.360 e. The van der Waals surface area contributed by atoms with Crippen LogP contribution in [0.25, 0.3) is 0 Å². The Hall–Kier alpha value is -1.60. The number of thiocarbonyl (C=S) groups is 1. The van der Waals surface area contributed by atoms with Gasteiger partial charge < -0.3 is 10.6 Å². The van der Waals surface area contributed by atoms with Gasteiger partial charge in [0, 0.05) is 11.7 Å². The fourth-order valence-corrected chi connectivity index (χ4v) is 2.50. The molecule has 0 saturated heterocycles. The second kappa shape index (κ2) is 6.36. The van der Waals surface area contributed by atoms with Crippen molar-refractivity contribution in [2.75, 3.05) is 5.32 Å². The summed E-state index contributed by atoms with van der Waals surface area (Å²) in [6.45, 7) is 0. The van der Waals surface area contributed by atoms with E-state index in [1.165, 1.54) is 25.7 Å². The van der Waals surface area contributed by atoms with Crippen molar-refractivity contribution in [1.29, 1.82) is 5.26 Å². The number of hydrogen-bond donors (Lipinski definition) is 2. The lowest BCUT2D eigenvalue weighted by Crippen LogP contribution is -2.35. The molecule has 0 spiro atoms. The summed E-state index contributed by atoms with van der Waals surface area (Å²) in [6, 6.07) is 10.5. The van der Waals surface area contributed by atoms with Crippen LogP contribution in [0.3, 0.4) is 0 Å². The van der Waals surface area contributed by atoms with Crippen LogP contribution in [0.15, 0.2) is 24.3 Å². The molecule has 1 aromatic rings. The molecule has 4 heteroatoms. The summed E-state index contributed by atoms with van der Waals surface area (Å²) >= 11 is 5.28. The highest BCUT2D eigenvalue weighted by Gasteiger charge is 2.15. The van der Waals surface area contributed by atoms with Gasteiger partial charge in [-0.3, -0.25) is 0 Å². The Morgan fingerprint density at radius 1 is 1.28 bits per heavy atom. The highest BCUT2D eigenvalue weighted by molar-refractivity contribution is 7.80. The van der Waals surface area contributed by atoms with E-state index in [2.05, 4.69) is 16.7 Å². The summed E-state index contributed by atoms with van der Waals surface area (Å²) in [5.41, 5.74) is 1.99. The highest BCUT2D eigenvalue weighted by atomic mass is 32.1. The van der Waals surface area contributed by atoms with E-state index in [4.69, 9.17) is 17.5 Å². The van der Waals surface area contributed by atoms with Crippen molar-refractivity contribution in [3.63, 3.8) is 0 Å². The smallest absolute Gasteiger partial charge is 0.170 e. The van der Waals surface area contributed by atoms with Gasteiger partial charge in [-0.2, -0.15) is 5.26 Å². The fraction of sp³-hybridized carbons (Fsp3) is 0.429. The molecule has 3 nitrogen and oxygen atoms in total. The first-order valence-corrected chi connectivity index (χ1v) is 6.72. The maximum absolute atomic E-state index is 8.60. The number of nitrogens with zero attached hydrogens (tertiary/aromatic N) is 1. The average Bonchev–Trinajstić information content (AvgIpc) is 2.84. The van der Waals surface area contributed by atoms with Gasteiger partial charge >= 0.3 is 0 Å². The molecular weight excluding hydrogens is 242 g/mol. The molecule has 94 valence electrons. The Morgan fingerprint density at radius 3 is 2.56 bits per heavy atom. The third kappa shape index (κ3) is 3.71. The van der Waals surface area contributed by atoms with Gasteiger partial charge in [0.25, 0.3) is 0 Å². The van der Waals surface area contributed by atoms with E-state index in [1.807, 2.05) is 24.3 Å². The fourth-order valence-electron chi connectivity index (χ4n) is 2.22. The Kier molecular flexibility index (Phi) is 4.54. The third-order valence-electron chi connectivity index (χ3n) is 3.19. The molecule has 0 radical (unpaired) electrons. The minimum absolute atomic E-state index is 0.449. The first-order valence-electron chi connectivity index (χ1n) is 6.31. The van der Waals surface area contributed by atoms with Gasteiger partial charge in [-0.15, -0.1) is 0 Å². The second-order valence-corrected chi connectivity index (χ2v) is 5.02. The predicted molar refractivity (Wildman–Crippen MR) is 77.4 cm³/mol. The largest absolute Gasteiger partial charge is 0.360 e. The molecule has 2 rings (SSSR count). The summed E-state index contributed by atoms with van der Waals surface area (Å²) in [5, 5.41) is 15.8. The summed E-state index contributed by atoms with van der Waals surface area (Å²) in [7, 11) is 0. The molecule has 0 aromatic heterocycles. The maximum Gasteiger partial charge on any atom is 0.170 e. The number of rotatable bonds is 3. The zero-order chi connectivity index (χ0) is 12.8. The molecule has 18 heavy (non-hydrogen) atoms. The normalized spacial score (nSPS) is 15.1. The number of benzene rings is 1. The summed E-state index contributed by atoms with van der Waals surface area (Å²) in [6.07, 6.45) is 5.46. The molecule has 0 unspecified atom stereocenters.